The molecule has 2 rings (SSSR count). The van der Waals surface area contributed by atoms with Crippen LogP contribution in [0.25, 0.3) is 0 Å². The van der Waals surface area contributed by atoms with Crippen LogP contribution >= 0.6 is 11.8 Å². The molecule has 2 unspecified atom stereocenters. The van der Waals surface area contributed by atoms with Crippen molar-refractivity contribution in [1.82, 2.24) is 0 Å². The van der Waals surface area contributed by atoms with Crippen molar-refractivity contribution < 1.29 is 9.90 Å². The van der Waals surface area contributed by atoms with E-state index in [9.17, 15) is 4.79 Å². The minimum atomic E-state index is -0.873. The topological polar surface area (TPSA) is 49.3 Å². The van der Waals surface area contributed by atoms with Crippen LogP contribution in [0.2, 0.25) is 0 Å². The number of hydrogen-bond acceptors (Lipinski definition) is 3. The Labute approximate surface area is 112 Å². The first-order valence-electron chi connectivity index (χ1n) is 6.40. The molecule has 1 saturated carbocycles. The van der Waals surface area contributed by atoms with Crippen molar-refractivity contribution in [2.75, 3.05) is 11.1 Å². The largest absolute Gasteiger partial charge is 0.478 e. The fourth-order valence-electron chi connectivity index (χ4n) is 2.40. The molecule has 2 N–H and O–H groups in total. The van der Waals surface area contributed by atoms with Gasteiger partial charge in [-0.1, -0.05) is 6.92 Å². The Hall–Kier alpha value is -1.16. The van der Waals surface area contributed by atoms with Gasteiger partial charge in [-0.25, -0.2) is 4.79 Å². The Balaban J connectivity index is 1.88. The van der Waals surface area contributed by atoms with E-state index in [2.05, 4.69) is 12.2 Å². The van der Waals surface area contributed by atoms with Gasteiger partial charge in [0.1, 0.15) is 0 Å². The van der Waals surface area contributed by atoms with E-state index in [-0.39, 0.29) is 0 Å². The average Bonchev–Trinajstić information content (AvgIpc) is 2.78. The zero-order valence-corrected chi connectivity index (χ0v) is 11.4. The molecule has 1 aromatic rings. The summed E-state index contributed by atoms with van der Waals surface area (Å²) in [4.78, 5) is 10.7. The number of carboxylic acid groups (broad SMARTS) is 1. The van der Waals surface area contributed by atoms with Crippen LogP contribution in [0.5, 0.6) is 0 Å². The van der Waals surface area contributed by atoms with E-state index < -0.39 is 5.97 Å². The second kappa shape index (κ2) is 6.14. The number of aromatic carboxylic acids is 1. The van der Waals surface area contributed by atoms with Gasteiger partial charge in [0.15, 0.2) is 0 Å². The molecular formula is C14H19NO2S. The zero-order chi connectivity index (χ0) is 13.0. The smallest absolute Gasteiger partial charge is 0.335 e. The summed E-state index contributed by atoms with van der Waals surface area (Å²) >= 11 is 2.04. The normalized spacial score (nSPS) is 22.9. The first-order chi connectivity index (χ1) is 8.69. The minimum Gasteiger partial charge on any atom is -0.478 e. The number of anilines is 1. The summed E-state index contributed by atoms with van der Waals surface area (Å²) in [6.07, 6.45) is 3.70. The van der Waals surface area contributed by atoms with Crippen LogP contribution in [-0.2, 0) is 0 Å². The molecule has 1 fully saturated rings. The van der Waals surface area contributed by atoms with Crippen molar-refractivity contribution in [2.24, 2.45) is 0 Å². The molecule has 1 aliphatic carbocycles. The highest BCUT2D eigenvalue weighted by Crippen LogP contribution is 2.31. The van der Waals surface area contributed by atoms with Gasteiger partial charge in [-0.2, -0.15) is 11.8 Å². The van der Waals surface area contributed by atoms with Crippen LogP contribution in [0.1, 0.15) is 36.5 Å². The van der Waals surface area contributed by atoms with Crippen LogP contribution in [0.15, 0.2) is 24.3 Å². The van der Waals surface area contributed by atoms with E-state index in [0.29, 0.717) is 11.6 Å². The number of nitrogens with one attached hydrogen (secondary N) is 1. The quantitative estimate of drug-likeness (QED) is 0.856. The van der Waals surface area contributed by atoms with Crippen LogP contribution in [0.3, 0.4) is 0 Å². The summed E-state index contributed by atoms with van der Waals surface area (Å²) in [5.41, 5.74) is 1.36. The lowest BCUT2D eigenvalue weighted by Crippen LogP contribution is -2.16. The lowest BCUT2D eigenvalue weighted by atomic mass is 10.2. The standard InChI is InChI=1S/C14H19NO2S/c1-2-18-13-8-7-12(9-13)15-11-5-3-10(4-6-11)14(16)17/h3-6,12-13,15H,2,7-9H2,1H3,(H,16,17). The molecule has 0 saturated heterocycles. The van der Waals surface area contributed by atoms with Crippen molar-refractivity contribution in [3.05, 3.63) is 29.8 Å². The maximum atomic E-state index is 10.7. The van der Waals surface area contributed by atoms with Crippen LogP contribution in [-0.4, -0.2) is 28.1 Å². The average molecular weight is 265 g/mol. The lowest BCUT2D eigenvalue weighted by molar-refractivity contribution is 0.0697. The third-order valence-electron chi connectivity index (χ3n) is 3.29. The molecule has 0 bridgehead atoms. The molecule has 0 aromatic heterocycles. The molecule has 18 heavy (non-hydrogen) atoms. The molecule has 0 radical (unpaired) electrons. The fourth-order valence-corrected chi connectivity index (χ4v) is 3.55. The van der Waals surface area contributed by atoms with Gasteiger partial charge in [0, 0.05) is 17.0 Å². The lowest BCUT2D eigenvalue weighted by Gasteiger charge is -2.14. The summed E-state index contributed by atoms with van der Waals surface area (Å²) < 4.78 is 0. The first kappa shape index (κ1) is 13.3. The Morgan fingerprint density at radius 1 is 1.39 bits per heavy atom. The van der Waals surface area contributed by atoms with E-state index in [1.807, 2.05) is 23.9 Å². The molecule has 0 aliphatic heterocycles. The van der Waals surface area contributed by atoms with Crippen molar-refractivity contribution in [1.29, 1.82) is 0 Å². The second-order valence-corrected chi connectivity index (χ2v) is 6.19. The summed E-state index contributed by atoms with van der Waals surface area (Å²) in [5.74, 6) is 0.312. The monoisotopic (exact) mass is 265 g/mol. The Kier molecular flexibility index (Phi) is 4.53. The minimum absolute atomic E-state index is 0.339. The maximum Gasteiger partial charge on any atom is 0.335 e. The summed E-state index contributed by atoms with van der Waals surface area (Å²) in [6.45, 7) is 2.20. The van der Waals surface area contributed by atoms with Gasteiger partial charge in [0.2, 0.25) is 0 Å². The predicted octanol–water partition coefficient (Wildman–Crippen LogP) is 3.47. The first-order valence-corrected chi connectivity index (χ1v) is 7.45. The van der Waals surface area contributed by atoms with Gasteiger partial charge in [0.25, 0.3) is 0 Å². The van der Waals surface area contributed by atoms with Crippen LogP contribution < -0.4 is 5.32 Å². The number of carbonyl (C=O) groups is 1. The molecule has 2 atom stereocenters. The molecule has 1 aliphatic rings. The highest BCUT2D eigenvalue weighted by molar-refractivity contribution is 7.99. The summed E-state index contributed by atoms with van der Waals surface area (Å²) in [7, 11) is 0. The van der Waals surface area contributed by atoms with Gasteiger partial charge in [0.05, 0.1) is 5.56 Å². The number of benzene rings is 1. The van der Waals surface area contributed by atoms with Gasteiger partial charge in [-0.15, -0.1) is 0 Å². The maximum absolute atomic E-state index is 10.7. The van der Waals surface area contributed by atoms with E-state index in [4.69, 9.17) is 5.11 Å². The molecule has 1 aromatic carbocycles. The van der Waals surface area contributed by atoms with Gasteiger partial charge < -0.3 is 10.4 Å². The SMILES string of the molecule is CCSC1CCC(Nc2ccc(C(=O)O)cc2)C1. The predicted molar refractivity (Wildman–Crippen MR) is 76.6 cm³/mol. The molecular weight excluding hydrogens is 246 g/mol. The van der Waals surface area contributed by atoms with Crippen molar-refractivity contribution in [2.45, 2.75) is 37.5 Å². The molecule has 4 heteroatoms. The van der Waals surface area contributed by atoms with Crippen molar-refractivity contribution in [3.63, 3.8) is 0 Å². The highest BCUT2D eigenvalue weighted by Gasteiger charge is 2.24. The third kappa shape index (κ3) is 3.42. The van der Waals surface area contributed by atoms with Crippen molar-refractivity contribution in [3.8, 4) is 0 Å². The molecule has 3 nitrogen and oxygen atoms in total. The number of thioether (sulfide) groups is 1. The van der Waals surface area contributed by atoms with Crippen LogP contribution in [0, 0.1) is 0 Å². The van der Waals surface area contributed by atoms with Gasteiger partial charge in [-0.05, 0) is 49.3 Å². The molecule has 0 amide bonds. The number of carboxylic acids is 1. The molecule has 0 spiro atoms. The fraction of sp³-hybridized carbons (Fsp3) is 0.500. The van der Waals surface area contributed by atoms with Crippen molar-refractivity contribution >= 4 is 23.4 Å². The van der Waals surface area contributed by atoms with E-state index >= 15 is 0 Å². The highest BCUT2D eigenvalue weighted by atomic mass is 32.2. The Morgan fingerprint density at radius 3 is 2.72 bits per heavy atom. The number of rotatable bonds is 5. The second-order valence-electron chi connectivity index (χ2n) is 4.61. The van der Waals surface area contributed by atoms with Gasteiger partial charge in [-0.3, -0.25) is 0 Å². The van der Waals surface area contributed by atoms with E-state index in [1.165, 1.54) is 25.0 Å². The third-order valence-corrected chi connectivity index (χ3v) is 4.52. The zero-order valence-electron chi connectivity index (χ0n) is 10.6. The Bertz CT molecular complexity index is 405. The van der Waals surface area contributed by atoms with Gasteiger partial charge >= 0.3 is 5.97 Å². The van der Waals surface area contributed by atoms with E-state index in [1.54, 1.807) is 12.1 Å². The van der Waals surface area contributed by atoms with Crippen LogP contribution in [0.4, 0.5) is 5.69 Å². The molecule has 98 valence electrons. The van der Waals surface area contributed by atoms with E-state index in [0.717, 1.165) is 10.9 Å². The number of hydrogen-bond donors (Lipinski definition) is 2. The Morgan fingerprint density at radius 2 is 2.11 bits per heavy atom. The molecule has 0 heterocycles. The summed E-state index contributed by atoms with van der Waals surface area (Å²) in [5, 5.41) is 13.1. The summed E-state index contributed by atoms with van der Waals surface area (Å²) in [6, 6.07) is 7.54.